The molecule has 0 saturated heterocycles. The van der Waals surface area contributed by atoms with Crippen LogP contribution in [0.3, 0.4) is 0 Å². The van der Waals surface area contributed by atoms with Crippen LogP contribution in [0.25, 0.3) is 22.8 Å². The Hall–Kier alpha value is -6.03. The third kappa shape index (κ3) is 10.7. The van der Waals surface area contributed by atoms with E-state index in [1.54, 1.807) is 43.3 Å². The van der Waals surface area contributed by atoms with Crippen LogP contribution in [0.15, 0.2) is 101 Å². The van der Waals surface area contributed by atoms with Crippen molar-refractivity contribution in [3.05, 3.63) is 118 Å². The molecule has 0 radical (unpaired) electrons. The fourth-order valence-corrected chi connectivity index (χ4v) is 7.16. The lowest BCUT2D eigenvalue weighted by Crippen LogP contribution is -2.46. The average Bonchev–Trinajstić information content (AvgIpc) is 3.75. The van der Waals surface area contributed by atoms with Gasteiger partial charge in [0.1, 0.15) is 15.8 Å². The number of carbonyl (C=O) groups is 2. The molecule has 0 unspecified atom stereocenters. The summed E-state index contributed by atoms with van der Waals surface area (Å²) in [5.74, 6) is 0.226. The highest BCUT2D eigenvalue weighted by Crippen LogP contribution is 2.32. The van der Waals surface area contributed by atoms with E-state index in [2.05, 4.69) is 21.8 Å². The summed E-state index contributed by atoms with van der Waals surface area (Å²) < 4.78 is 75.8. The lowest BCUT2D eigenvalue weighted by atomic mass is 9.86. The molecule has 1 fully saturated rings. The highest BCUT2D eigenvalue weighted by molar-refractivity contribution is 7.85. The van der Waals surface area contributed by atoms with Crippen molar-refractivity contribution in [3.63, 3.8) is 0 Å². The number of nitriles is 1. The van der Waals surface area contributed by atoms with E-state index in [1.807, 2.05) is 21.1 Å². The summed E-state index contributed by atoms with van der Waals surface area (Å²) in [7, 11) is 1.58. The summed E-state index contributed by atoms with van der Waals surface area (Å²) in [6, 6.07) is 20.8. The number of hydrogen-bond donors (Lipinski definition) is 2. The Kier molecular flexibility index (Phi) is 13.1. The summed E-state index contributed by atoms with van der Waals surface area (Å²) in [5, 5.41) is 19.6. The number of halogens is 3. The number of aromatic nitrogens is 4. The van der Waals surface area contributed by atoms with Crippen molar-refractivity contribution in [1.29, 1.82) is 5.26 Å². The van der Waals surface area contributed by atoms with Gasteiger partial charge in [0.2, 0.25) is 0 Å². The molecule has 0 spiro atoms. The zero-order chi connectivity index (χ0) is 42.4. The van der Waals surface area contributed by atoms with Crippen LogP contribution in [0, 0.1) is 24.2 Å². The molecule has 1 aliphatic carbocycles. The molecule has 1 aliphatic rings. The molecule has 1 saturated carbocycles. The van der Waals surface area contributed by atoms with Gasteiger partial charge in [0.25, 0.3) is 5.91 Å². The predicted molar refractivity (Wildman–Crippen MR) is 207 cm³/mol. The van der Waals surface area contributed by atoms with Crippen LogP contribution in [0.5, 0.6) is 0 Å². The van der Waals surface area contributed by atoms with Crippen LogP contribution in [0.2, 0.25) is 0 Å². The lowest BCUT2D eigenvalue weighted by molar-refractivity contribution is -0.862. The molecule has 2 heterocycles. The van der Waals surface area contributed by atoms with Crippen LogP contribution in [-0.4, -0.2) is 88.6 Å². The zero-order valence-electron chi connectivity index (χ0n) is 32.2. The maximum Gasteiger partial charge on any atom is 0.416 e. The van der Waals surface area contributed by atoms with Crippen molar-refractivity contribution in [2.24, 2.45) is 5.92 Å². The van der Waals surface area contributed by atoms with Crippen LogP contribution < -0.4 is 16.3 Å². The summed E-state index contributed by atoms with van der Waals surface area (Å²) in [5.41, 5.74) is -0.0912. The van der Waals surface area contributed by atoms with E-state index in [4.69, 9.17) is 0 Å². The standard InChI is InChI=1S/C34H37F3N8O3.C6H6O3S/c1-22-31(29-16-17-40-44(29)27-14-10-23(19-38)11-15-27)43(33(48)42(22)28-7-5-6-25(18-28)34(35,36)37)32(47)41-26-12-8-24(9-13-26)20-39-30(46)21-45(2,3)4;7-10(8,9)6-4-2-1-3-5-6/h5-7,10-11,14-18,24,26H,8-9,12-13,20-21H2,1-4H3,(H-,39,41,46,47);1-5H,(H,7,8,9). The number of nitrogens with one attached hydrogen (secondary N) is 2. The van der Waals surface area contributed by atoms with Crippen molar-refractivity contribution in [3.8, 4) is 28.8 Å². The van der Waals surface area contributed by atoms with Crippen molar-refractivity contribution in [2.75, 3.05) is 34.2 Å². The number of benzene rings is 3. The van der Waals surface area contributed by atoms with Gasteiger partial charge in [0, 0.05) is 12.6 Å². The number of likely N-dealkylation sites (N-methyl/N-ethyl adjacent to an activating group) is 1. The molecular weight excluding hydrogens is 778 g/mol. The summed E-state index contributed by atoms with van der Waals surface area (Å²) in [6.45, 7) is 2.47. The Morgan fingerprint density at radius 3 is 2.17 bits per heavy atom. The first-order chi connectivity index (χ1) is 27.3. The number of alkyl halides is 3. The first kappa shape index (κ1) is 43.1. The van der Waals surface area contributed by atoms with Gasteiger partial charge in [-0.15, -0.1) is 0 Å². The number of hydrogen-bond acceptors (Lipinski definition) is 8. The first-order valence-corrected chi connectivity index (χ1v) is 19.6. The second-order valence-electron chi connectivity index (χ2n) is 14.9. The van der Waals surface area contributed by atoms with E-state index in [0.717, 1.165) is 34.1 Å². The van der Waals surface area contributed by atoms with Gasteiger partial charge in [0.15, 0.2) is 6.54 Å². The third-order valence-corrected chi connectivity index (χ3v) is 10.3. The van der Waals surface area contributed by atoms with E-state index in [-0.39, 0.29) is 39.8 Å². The molecule has 5 aromatic rings. The van der Waals surface area contributed by atoms with Gasteiger partial charge in [-0.05, 0) is 99.2 Å². The molecule has 14 nitrogen and oxygen atoms in total. The van der Waals surface area contributed by atoms with E-state index in [0.29, 0.717) is 47.4 Å². The fraction of sp³-hybridized carbons (Fsp3) is 0.325. The number of amides is 2. The SMILES string of the molecule is Cc1c(-c2ccnn2-c2ccc(C#N)cc2)n(C(=O)NC2CCC(CNC(=O)C[N+](C)(C)C)CC2)c(=O)n1-c1cccc(C(F)(F)F)c1.O=S(=O)([O-])c1ccccc1. The Balaban J connectivity index is 0.000000559. The van der Waals surface area contributed by atoms with Crippen molar-refractivity contribution >= 4 is 22.1 Å². The van der Waals surface area contributed by atoms with Crippen LogP contribution in [0.1, 0.15) is 42.5 Å². The van der Waals surface area contributed by atoms with Gasteiger partial charge in [-0.25, -0.2) is 27.3 Å². The van der Waals surface area contributed by atoms with E-state index in [1.165, 1.54) is 47.3 Å². The van der Waals surface area contributed by atoms with Gasteiger partial charge in [-0.2, -0.15) is 23.5 Å². The van der Waals surface area contributed by atoms with Gasteiger partial charge in [-0.1, -0.05) is 24.3 Å². The first-order valence-electron chi connectivity index (χ1n) is 18.2. The normalized spacial score (nSPS) is 15.8. The molecule has 0 atom stereocenters. The molecule has 0 aliphatic heterocycles. The molecule has 306 valence electrons. The molecule has 2 aromatic heterocycles. The van der Waals surface area contributed by atoms with Gasteiger partial charge in [0.05, 0.1) is 72.2 Å². The van der Waals surface area contributed by atoms with E-state index >= 15 is 0 Å². The van der Waals surface area contributed by atoms with E-state index < -0.39 is 33.6 Å². The molecule has 6 rings (SSSR count). The third-order valence-electron chi connectivity index (χ3n) is 9.46. The summed E-state index contributed by atoms with van der Waals surface area (Å²) in [4.78, 5) is 40.1. The Labute approximate surface area is 333 Å². The molecule has 2 amide bonds. The molecular formula is C40H43F3N8O6S. The maximum absolute atomic E-state index is 14.1. The lowest BCUT2D eigenvalue weighted by Gasteiger charge is -2.29. The minimum Gasteiger partial charge on any atom is -0.744 e. The minimum atomic E-state index is -4.64. The highest BCUT2D eigenvalue weighted by Gasteiger charge is 2.33. The van der Waals surface area contributed by atoms with Crippen molar-refractivity contribution < 1.29 is 40.2 Å². The van der Waals surface area contributed by atoms with Crippen molar-refractivity contribution in [1.82, 2.24) is 29.5 Å². The zero-order valence-corrected chi connectivity index (χ0v) is 33.0. The highest BCUT2D eigenvalue weighted by atomic mass is 32.2. The molecule has 0 bridgehead atoms. The number of nitrogens with zero attached hydrogens (tertiary/aromatic N) is 6. The number of rotatable bonds is 9. The number of quaternary nitrogens is 1. The largest absolute Gasteiger partial charge is 0.744 e. The average molecular weight is 821 g/mol. The molecule has 3 aromatic carbocycles. The van der Waals surface area contributed by atoms with Gasteiger partial charge in [-0.3, -0.25) is 9.36 Å². The number of carbonyl (C=O) groups excluding carboxylic acids is 2. The Morgan fingerprint density at radius 2 is 1.60 bits per heavy atom. The predicted octanol–water partition coefficient (Wildman–Crippen LogP) is 5.22. The summed E-state index contributed by atoms with van der Waals surface area (Å²) >= 11 is 0. The Bertz CT molecular complexity index is 2460. The quantitative estimate of drug-likeness (QED) is 0.150. The van der Waals surface area contributed by atoms with Gasteiger partial charge < -0.3 is 19.7 Å². The fourth-order valence-electron chi connectivity index (χ4n) is 6.67. The molecule has 58 heavy (non-hydrogen) atoms. The second-order valence-corrected chi connectivity index (χ2v) is 16.3. The van der Waals surface area contributed by atoms with Crippen LogP contribution >= 0.6 is 0 Å². The maximum atomic E-state index is 14.1. The van der Waals surface area contributed by atoms with Gasteiger partial charge >= 0.3 is 17.9 Å². The monoisotopic (exact) mass is 820 g/mol. The topological polar surface area (TPSA) is 184 Å². The smallest absolute Gasteiger partial charge is 0.416 e. The van der Waals surface area contributed by atoms with Crippen LogP contribution in [0.4, 0.5) is 18.0 Å². The number of imidazole rings is 1. The summed E-state index contributed by atoms with van der Waals surface area (Å²) in [6.07, 6.45) is -0.385. The Morgan fingerprint density at radius 1 is 0.948 bits per heavy atom. The second kappa shape index (κ2) is 17.6. The van der Waals surface area contributed by atoms with Crippen LogP contribution in [-0.2, 0) is 21.1 Å². The van der Waals surface area contributed by atoms with E-state index in [9.17, 15) is 45.8 Å². The molecule has 18 heteroatoms. The van der Waals surface area contributed by atoms with Crippen molar-refractivity contribution in [2.45, 2.75) is 49.7 Å². The minimum absolute atomic E-state index is 0.0225. The molecule has 2 N–H and O–H groups in total.